The second kappa shape index (κ2) is 8.59. The average molecular weight is 298 g/mol. The van der Waals surface area contributed by atoms with Gasteiger partial charge in [0.25, 0.3) is 0 Å². The minimum atomic E-state index is -0.802. The molecule has 1 unspecified atom stereocenters. The van der Waals surface area contributed by atoms with E-state index < -0.39 is 5.97 Å². The molecule has 0 spiro atoms. The molecular formula is C15H20ClNO3. The number of nitrogens with one attached hydrogen (secondary N) is 1. The molecule has 0 aromatic heterocycles. The number of benzene rings is 1. The first-order valence-electron chi connectivity index (χ1n) is 6.73. The maximum Gasteiger partial charge on any atom is 0.303 e. The summed E-state index contributed by atoms with van der Waals surface area (Å²) in [6, 6.07) is 7.49. The largest absolute Gasteiger partial charge is 0.481 e. The molecule has 0 fully saturated rings. The summed E-state index contributed by atoms with van der Waals surface area (Å²) in [6.07, 6.45) is 2.00. The fraction of sp³-hybridized carbons (Fsp3) is 0.467. The van der Waals surface area contributed by atoms with E-state index in [0.29, 0.717) is 30.8 Å². The zero-order chi connectivity index (χ0) is 15.0. The maximum absolute atomic E-state index is 11.9. The van der Waals surface area contributed by atoms with Crippen LogP contribution in [0, 0.1) is 5.92 Å². The second-order valence-electron chi connectivity index (χ2n) is 4.84. The van der Waals surface area contributed by atoms with Crippen molar-refractivity contribution >= 4 is 23.5 Å². The van der Waals surface area contributed by atoms with Crippen molar-refractivity contribution in [3.8, 4) is 0 Å². The molecule has 0 bridgehead atoms. The molecule has 1 amide bonds. The highest BCUT2D eigenvalue weighted by Crippen LogP contribution is 2.18. The Balaban J connectivity index is 2.29. The molecular weight excluding hydrogens is 278 g/mol. The highest BCUT2D eigenvalue weighted by atomic mass is 35.5. The van der Waals surface area contributed by atoms with Crippen molar-refractivity contribution in [2.45, 2.75) is 32.6 Å². The molecule has 0 aliphatic rings. The highest BCUT2D eigenvalue weighted by molar-refractivity contribution is 6.31. The summed E-state index contributed by atoms with van der Waals surface area (Å²) in [7, 11) is 0. The van der Waals surface area contributed by atoms with E-state index in [1.807, 2.05) is 31.2 Å². The number of hydrogen-bond donors (Lipinski definition) is 2. The van der Waals surface area contributed by atoms with Crippen LogP contribution in [0.15, 0.2) is 24.3 Å². The van der Waals surface area contributed by atoms with Crippen molar-refractivity contribution in [1.29, 1.82) is 0 Å². The molecule has 1 aromatic carbocycles. The van der Waals surface area contributed by atoms with Crippen molar-refractivity contribution < 1.29 is 14.7 Å². The first-order valence-corrected chi connectivity index (χ1v) is 7.11. The Kier molecular flexibility index (Phi) is 7.09. The van der Waals surface area contributed by atoms with Crippen LogP contribution in [-0.4, -0.2) is 23.5 Å². The molecule has 110 valence electrons. The summed E-state index contributed by atoms with van der Waals surface area (Å²) < 4.78 is 0. The van der Waals surface area contributed by atoms with Gasteiger partial charge in [0.05, 0.1) is 0 Å². The Hall–Kier alpha value is -1.55. The van der Waals surface area contributed by atoms with Gasteiger partial charge >= 0.3 is 5.97 Å². The van der Waals surface area contributed by atoms with Crippen LogP contribution in [0.3, 0.4) is 0 Å². The van der Waals surface area contributed by atoms with Crippen LogP contribution in [0.5, 0.6) is 0 Å². The van der Waals surface area contributed by atoms with Gasteiger partial charge in [0, 0.05) is 23.9 Å². The van der Waals surface area contributed by atoms with Crippen LogP contribution >= 0.6 is 11.6 Å². The molecule has 0 saturated heterocycles. The van der Waals surface area contributed by atoms with E-state index in [9.17, 15) is 9.59 Å². The Morgan fingerprint density at radius 1 is 1.30 bits per heavy atom. The fourth-order valence-corrected chi connectivity index (χ4v) is 2.09. The fourth-order valence-electron chi connectivity index (χ4n) is 1.87. The predicted molar refractivity (Wildman–Crippen MR) is 78.8 cm³/mol. The zero-order valence-electron chi connectivity index (χ0n) is 11.6. The van der Waals surface area contributed by atoms with Gasteiger partial charge in [-0.1, -0.05) is 36.7 Å². The number of carbonyl (C=O) groups is 2. The van der Waals surface area contributed by atoms with Gasteiger partial charge in [0.15, 0.2) is 0 Å². The highest BCUT2D eigenvalue weighted by Gasteiger charge is 2.14. The Bertz CT molecular complexity index is 462. The minimum absolute atomic E-state index is 0.0276. The first kappa shape index (κ1) is 16.5. The molecule has 0 radical (unpaired) electrons. The topological polar surface area (TPSA) is 66.4 Å². The minimum Gasteiger partial charge on any atom is -0.481 e. The quantitative estimate of drug-likeness (QED) is 0.725. The summed E-state index contributed by atoms with van der Waals surface area (Å²) >= 11 is 6.06. The van der Waals surface area contributed by atoms with Gasteiger partial charge in [0.2, 0.25) is 5.91 Å². The van der Waals surface area contributed by atoms with Gasteiger partial charge < -0.3 is 10.4 Å². The van der Waals surface area contributed by atoms with E-state index in [0.717, 1.165) is 5.56 Å². The van der Waals surface area contributed by atoms with E-state index in [1.165, 1.54) is 0 Å². The normalized spacial score (nSPS) is 11.9. The Morgan fingerprint density at radius 2 is 2.00 bits per heavy atom. The van der Waals surface area contributed by atoms with Crippen LogP contribution in [0.2, 0.25) is 5.02 Å². The lowest BCUT2D eigenvalue weighted by Gasteiger charge is -2.13. The van der Waals surface area contributed by atoms with Gasteiger partial charge in [-0.05, 0) is 30.9 Å². The van der Waals surface area contributed by atoms with E-state index in [-0.39, 0.29) is 18.2 Å². The Morgan fingerprint density at radius 3 is 2.65 bits per heavy atom. The molecule has 20 heavy (non-hydrogen) atoms. The van der Waals surface area contributed by atoms with Crippen molar-refractivity contribution in [3.63, 3.8) is 0 Å². The summed E-state index contributed by atoms with van der Waals surface area (Å²) in [5.74, 6) is -0.988. The van der Waals surface area contributed by atoms with Crippen LogP contribution in [0.25, 0.3) is 0 Å². The maximum atomic E-state index is 11.9. The van der Waals surface area contributed by atoms with Crippen molar-refractivity contribution in [1.82, 2.24) is 5.32 Å². The van der Waals surface area contributed by atoms with Crippen molar-refractivity contribution in [2.75, 3.05) is 6.54 Å². The smallest absolute Gasteiger partial charge is 0.303 e. The molecule has 2 N–H and O–H groups in total. The number of hydrogen-bond acceptors (Lipinski definition) is 2. The van der Waals surface area contributed by atoms with Gasteiger partial charge in [-0.25, -0.2) is 0 Å². The van der Waals surface area contributed by atoms with Crippen LogP contribution in [0.4, 0.5) is 0 Å². The van der Waals surface area contributed by atoms with Crippen LogP contribution < -0.4 is 5.32 Å². The molecule has 4 nitrogen and oxygen atoms in total. The van der Waals surface area contributed by atoms with Crippen LogP contribution in [0.1, 0.15) is 31.7 Å². The van der Waals surface area contributed by atoms with E-state index in [2.05, 4.69) is 5.32 Å². The number of halogens is 1. The molecule has 1 atom stereocenters. The lowest BCUT2D eigenvalue weighted by atomic mass is 10.0. The Labute approximate surface area is 124 Å². The zero-order valence-corrected chi connectivity index (χ0v) is 12.3. The number of amides is 1. The van der Waals surface area contributed by atoms with Crippen LogP contribution in [-0.2, 0) is 16.0 Å². The molecule has 0 aliphatic carbocycles. The van der Waals surface area contributed by atoms with Crippen molar-refractivity contribution in [3.05, 3.63) is 34.9 Å². The number of carboxylic acid groups (broad SMARTS) is 1. The third kappa shape index (κ3) is 6.06. The van der Waals surface area contributed by atoms with E-state index in [4.69, 9.17) is 16.7 Å². The molecule has 0 heterocycles. The van der Waals surface area contributed by atoms with Crippen molar-refractivity contribution in [2.24, 2.45) is 5.92 Å². The summed E-state index contributed by atoms with van der Waals surface area (Å²) in [4.78, 5) is 22.2. The van der Waals surface area contributed by atoms with Gasteiger partial charge in [-0.15, -0.1) is 0 Å². The summed E-state index contributed by atoms with van der Waals surface area (Å²) in [5.41, 5.74) is 0.961. The molecule has 1 aromatic rings. The molecule has 5 heteroatoms. The third-order valence-electron chi connectivity index (χ3n) is 3.05. The second-order valence-corrected chi connectivity index (χ2v) is 5.25. The molecule has 0 aliphatic heterocycles. The predicted octanol–water partition coefficient (Wildman–Crippen LogP) is 2.89. The standard InChI is InChI=1S/C15H20ClNO3/c1-11(10-12-6-2-3-7-13(12)16)15(20)17-9-5-4-8-14(18)19/h2-3,6-7,11H,4-5,8-10H2,1H3,(H,17,20)(H,18,19). The first-order chi connectivity index (χ1) is 9.50. The molecule has 0 saturated carbocycles. The summed E-state index contributed by atoms with van der Waals surface area (Å²) in [5, 5.41) is 12.0. The summed E-state index contributed by atoms with van der Waals surface area (Å²) in [6.45, 7) is 2.37. The number of rotatable bonds is 8. The lowest BCUT2D eigenvalue weighted by Crippen LogP contribution is -2.31. The van der Waals surface area contributed by atoms with E-state index in [1.54, 1.807) is 0 Å². The number of carbonyl (C=O) groups excluding carboxylic acids is 1. The number of unbranched alkanes of at least 4 members (excludes halogenated alkanes) is 1. The van der Waals surface area contributed by atoms with Gasteiger partial charge in [0.1, 0.15) is 0 Å². The average Bonchev–Trinajstić information content (AvgIpc) is 2.40. The monoisotopic (exact) mass is 297 g/mol. The number of carboxylic acids is 1. The molecule has 1 rings (SSSR count). The number of aliphatic carboxylic acids is 1. The third-order valence-corrected chi connectivity index (χ3v) is 3.42. The van der Waals surface area contributed by atoms with E-state index >= 15 is 0 Å². The van der Waals surface area contributed by atoms with Gasteiger partial charge in [-0.3, -0.25) is 9.59 Å². The van der Waals surface area contributed by atoms with Gasteiger partial charge in [-0.2, -0.15) is 0 Å². The SMILES string of the molecule is CC(Cc1ccccc1Cl)C(=O)NCCCCC(=O)O. The lowest BCUT2D eigenvalue weighted by molar-refractivity contribution is -0.137.